The minimum absolute atomic E-state index is 0.250. The van der Waals surface area contributed by atoms with Gasteiger partial charge >= 0.3 is 0 Å². The monoisotopic (exact) mass is 223 g/mol. The Bertz CT molecular complexity index is 364. The van der Waals surface area contributed by atoms with Crippen LogP contribution in [0.2, 0.25) is 0 Å². The van der Waals surface area contributed by atoms with Gasteiger partial charge in [0, 0.05) is 13.5 Å². The van der Waals surface area contributed by atoms with Gasteiger partial charge in [0.05, 0.1) is 0 Å². The van der Waals surface area contributed by atoms with E-state index < -0.39 is 0 Å². The van der Waals surface area contributed by atoms with Crippen LogP contribution in [0.3, 0.4) is 0 Å². The van der Waals surface area contributed by atoms with E-state index in [1.807, 2.05) is 0 Å². The molecular formula is C11H17N3O2. The molecule has 1 aromatic heterocycles. The molecule has 2 fully saturated rings. The summed E-state index contributed by atoms with van der Waals surface area (Å²) in [4.78, 5) is 4.47. The summed E-state index contributed by atoms with van der Waals surface area (Å²) < 4.78 is 10.8. The van der Waals surface area contributed by atoms with Crippen molar-refractivity contribution in [1.82, 2.24) is 15.5 Å². The number of methoxy groups -OCH3 is 1. The van der Waals surface area contributed by atoms with Crippen molar-refractivity contribution in [2.75, 3.05) is 20.2 Å². The molecule has 0 amide bonds. The molecule has 0 aromatic carbocycles. The number of hydrogen-bond acceptors (Lipinski definition) is 5. The molecule has 3 rings (SSSR count). The van der Waals surface area contributed by atoms with E-state index in [4.69, 9.17) is 9.26 Å². The average molecular weight is 223 g/mol. The highest BCUT2D eigenvalue weighted by atomic mass is 16.5. The molecule has 2 aliphatic rings. The van der Waals surface area contributed by atoms with E-state index in [0.717, 1.165) is 44.1 Å². The second kappa shape index (κ2) is 3.82. The van der Waals surface area contributed by atoms with Crippen LogP contribution >= 0.6 is 0 Å². The molecule has 0 spiro atoms. The average Bonchev–Trinajstić information content (AvgIpc) is 2.60. The van der Waals surface area contributed by atoms with E-state index in [1.165, 1.54) is 6.42 Å². The van der Waals surface area contributed by atoms with E-state index in [1.54, 1.807) is 7.11 Å². The SMILES string of the molecule is COC1(c2noc(CC3CNC3)n2)CCC1. The molecule has 1 aromatic rings. The van der Waals surface area contributed by atoms with Crippen LogP contribution in [0, 0.1) is 5.92 Å². The van der Waals surface area contributed by atoms with Gasteiger partial charge in [-0.05, 0) is 38.3 Å². The number of ether oxygens (including phenoxy) is 1. The molecule has 88 valence electrons. The summed E-state index contributed by atoms with van der Waals surface area (Å²) in [5.74, 6) is 2.15. The van der Waals surface area contributed by atoms with Gasteiger partial charge in [-0.1, -0.05) is 5.16 Å². The number of hydrogen-bond donors (Lipinski definition) is 1. The molecule has 1 aliphatic heterocycles. The van der Waals surface area contributed by atoms with Crippen molar-refractivity contribution in [2.45, 2.75) is 31.3 Å². The van der Waals surface area contributed by atoms with Crippen LogP contribution in [0.25, 0.3) is 0 Å². The first kappa shape index (κ1) is 10.2. The summed E-state index contributed by atoms with van der Waals surface area (Å²) in [5, 5.41) is 7.30. The summed E-state index contributed by atoms with van der Waals surface area (Å²) in [6.07, 6.45) is 4.09. The Hall–Kier alpha value is -0.940. The standard InChI is InChI=1S/C11H17N3O2/c1-15-11(3-2-4-11)10-13-9(16-14-10)5-8-6-12-7-8/h8,12H,2-7H2,1H3. The second-order valence-corrected chi connectivity index (χ2v) is 4.79. The van der Waals surface area contributed by atoms with Crippen LogP contribution in [0.15, 0.2) is 4.52 Å². The van der Waals surface area contributed by atoms with Crippen LogP contribution in [-0.2, 0) is 16.8 Å². The van der Waals surface area contributed by atoms with Crippen molar-refractivity contribution in [1.29, 1.82) is 0 Å². The first-order chi connectivity index (χ1) is 7.82. The van der Waals surface area contributed by atoms with E-state index in [0.29, 0.717) is 5.92 Å². The molecule has 1 N–H and O–H groups in total. The maximum absolute atomic E-state index is 5.52. The minimum Gasteiger partial charge on any atom is -0.370 e. The largest absolute Gasteiger partial charge is 0.370 e. The lowest BCUT2D eigenvalue weighted by molar-refractivity contribution is -0.0858. The third kappa shape index (κ3) is 1.55. The van der Waals surface area contributed by atoms with Crippen molar-refractivity contribution >= 4 is 0 Å². The molecule has 0 atom stereocenters. The Balaban J connectivity index is 1.71. The molecular weight excluding hydrogens is 206 g/mol. The predicted molar refractivity (Wildman–Crippen MR) is 56.9 cm³/mol. The maximum atomic E-state index is 5.52. The van der Waals surface area contributed by atoms with Gasteiger partial charge in [-0.25, -0.2) is 0 Å². The number of rotatable bonds is 4. The highest BCUT2D eigenvalue weighted by Gasteiger charge is 2.43. The van der Waals surface area contributed by atoms with Crippen molar-refractivity contribution in [3.05, 3.63) is 11.7 Å². The van der Waals surface area contributed by atoms with Gasteiger partial charge < -0.3 is 14.6 Å². The van der Waals surface area contributed by atoms with Crippen molar-refractivity contribution in [3.8, 4) is 0 Å². The molecule has 0 radical (unpaired) electrons. The highest BCUT2D eigenvalue weighted by molar-refractivity contribution is 5.07. The van der Waals surface area contributed by atoms with Crippen molar-refractivity contribution in [3.63, 3.8) is 0 Å². The first-order valence-electron chi connectivity index (χ1n) is 5.91. The fourth-order valence-electron chi connectivity index (χ4n) is 2.28. The van der Waals surface area contributed by atoms with Crippen LogP contribution in [0.1, 0.15) is 31.0 Å². The van der Waals surface area contributed by atoms with Crippen LogP contribution in [-0.4, -0.2) is 30.3 Å². The lowest BCUT2D eigenvalue weighted by Gasteiger charge is -2.37. The number of nitrogens with one attached hydrogen (secondary N) is 1. The normalized spacial score (nSPS) is 23.8. The number of nitrogens with zero attached hydrogens (tertiary/aromatic N) is 2. The van der Waals surface area contributed by atoms with Crippen molar-refractivity contribution < 1.29 is 9.26 Å². The molecule has 5 nitrogen and oxygen atoms in total. The first-order valence-corrected chi connectivity index (χ1v) is 5.91. The molecule has 0 unspecified atom stereocenters. The Morgan fingerprint density at radius 3 is 2.81 bits per heavy atom. The summed E-state index contributed by atoms with van der Waals surface area (Å²) in [6, 6.07) is 0. The smallest absolute Gasteiger partial charge is 0.227 e. The van der Waals surface area contributed by atoms with E-state index >= 15 is 0 Å². The van der Waals surface area contributed by atoms with Gasteiger partial charge in [-0.15, -0.1) is 0 Å². The lowest BCUT2D eigenvalue weighted by atomic mass is 9.79. The Labute approximate surface area is 94.6 Å². The maximum Gasteiger partial charge on any atom is 0.227 e. The molecule has 1 aliphatic carbocycles. The zero-order valence-corrected chi connectivity index (χ0v) is 9.53. The molecule has 1 saturated carbocycles. The molecule has 16 heavy (non-hydrogen) atoms. The minimum atomic E-state index is -0.250. The van der Waals surface area contributed by atoms with Gasteiger partial charge in [0.2, 0.25) is 11.7 Å². The zero-order chi connectivity index (χ0) is 11.0. The summed E-state index contributed by atoms with van der Waals surface area (Å²) >= 11 is 0. The quantitative estimate of drug-likeness (QED) is 0.820. The van der Waals surface area contributed by atoms with E-state index in [-0.39, 0.29) is 5.60 Å². The summed E-state index contributed by atoms with van der Waals surface area (Å²) in [6.45, 7) is 2.13. The fraction of sp³-hybridized carbons (Fsp3) is 0.818. The zero-order valence-electron chi connectivity index (χ0n) is 9.53. The van der Waals surface area contributed by atoms with Gasteiger partial charge in [0.15, 0.2) is 0 Å². The molecule has 5 heteroatoms. The summed E-state index contributed by atoms with van der Waals surface area (Å²) in [7, 11) is 1.73. The van der Waals surface area contributed by atoms with Crippen LogP contribution in [0.4, 0.5) is 0 Å². The third-order valence-electron chi connectivity index (χ3n) is 3.76. The Morgan fingerprint density at radius 1 is 1.50 bits per heavy atom. The van der Waals surface area contributed by atoms with Crippen LogP contribution in [0.5, 0.6) is 0 Å². The van der Waals surface area contributed by atoms with Crippen LogP contribution < -0.4 is 5.32 Å². The Kier molecular flexibility index (Phi) is 2.44. The topological polar surface area (TPSA) is 60.2 Å². The van der Waals surface area contributed by atoms with Crippen molar-refractivity contribution in [2.24, 2.45) is 5.92 Å². The van der Waals surface area contributed by atoms with Gasteiger partial charge in [0.1, 0.15) is 5.60 Å². The van der Waals surface area contributed by atoms with E-state index in [9.17, 15) is 0 Å². The molecule has 2 heterocycles. The van der Waals surface area contributed by atoms with Gasteiger partial charge in [-0.2, -0.15) is 4.98 Å². The summed E-state index contributed by atoms with van der Waals surface area (Å²) in [5.41, 5.74) is -0.250. The van der Waals surface area contributed by atoms with Gasteiger partial charge in [-0.3, -0.25) is 0 Å². The third-order valence-corrected chi connectivity index (χ3v) is 3.76. The Morgan fingerprint density at radius 2 is 2.31 bits per heavy atom. The second-order valence-electron chi connectivity index (χ2n) is 4.79. The highest BCUT2D eigenvalue weighted by Crippen LogP contribution is 2.42. The predicted octanol–water partition coefficient (Wildman–Crippen LogP) is 0.857. The number of aromatic nitrogens is 2. The molecule has 1 saturated heterocycles. The van der Waals surface area contributed by atoms with Gasteiger partial charge in [0.25, 0.3) is 0 Å². The molecule has 0 bridgehead atoms. The fourth-order valence-corrected chi connectivity index (χ4v) is 2.28. The van der Waals surface area contributed by atoms with E-state index in [2.05, 4.69) is 15.5 Å². The lowest BCUT2D eigenvalue weighted by Crippen LogP contribution is -2.43.